The quantitative estimate of drug-likeness (QED) is 0.675. The summed E-state index contributed by atoms with van der Waals surface area (Å²) in [7, 11) is -6.78. The Balaban J connectivity index is 2.47. The molecular formula is C10H22N2O5S2. The molecule has 0 aromatic rings. The van der Waals surface area contributed by atoms with Crippen LogP contribution in [0.2, 0.25) is 0 Å². The van der Waals surface area contributed by atoms with Gasteiger partial charge in [0, 0.05) is 19.6 Å². The van der Waals surface area contributed by atoms with Crippen LogP contribution in [-0.2, 0) is 24.8 Å². The number of hydrogen-bond donors (Lipinski definition) is 1. The van der Waals surface area contributed by atoms with Crippen LogP contribution in [0.25, 0.3) is 0 Å². The summed E-state index contributed by atoms with van der Waals surface area (Å²) in [5.41, 5.74) is 0. The highest BCUT2D eigenvalue weighted by Crippen LogP contribution is 2.09. The lowest BCUT2D eigenvalue weighted by atomic mass is 10.3. The zero-order valence-electron chi connectivity index (χ0n) is 11.3. The zero-order chi connectivity index (χ0) is 14.5. The Morgan fingerprint density at radius 1 is 1.26 bits per heavy atom. The molecule has 1 aliphatic heterocycles. The minimum Gasteiger partial charge on any atom is -0.376 e. The molecule has 0 amide bonds. The summed E-state index contributed by atoms with van der Waals surface area (Å²) in [5.74, 6) is -0.204. The van der Waals surface area contributed by atoms with Gasteiger partial charge in [-0.2, -0.15) is 4.31 Å². The van der Waals surface area contributed by atoms with Gasteiger partial charge in [0.25, 0.3) is 0 Å². The van der Waals surface area contributed by atoms with Crippen molar-refractivity contribution < 1.29 is 21.6 Å². The lowest BCUT2D eigenvalue weighted by molar-refractivity contribution is 0.0102. The van der Waals surface area contributed by atoms with Crippen molar-refractivity contribution in [2.75, 3.05) is 37.7 Å². The third kappa shape index (κ3) is 5.74. The summed E-state index contributed by atoms with van der Waals surface area (Å²) < 4.78 is 55.8. The molecule has 1 N–H and O–H groups in total. The molecule has 1 aliphatic rings. The topological polar surface area (TPSA) is 92.8 Å². The number of hydrogen-bond acceptors (Lipinski definition) is 5. The van der Waals surface area contributed by atoms with E-state index in [0.717, 1.165) is 0 Å². The molecule has 0 saturated carbocycles. The van der Waals surface area contributed by atoms with Gasteiger partial charge in [0.2, 0.25) is 20.0 Å². The van der Waals surface area contributed by atoms with Crippen molar-refractivity contribution in [3.8, 4) is 0 Å². The van der Waals surface area contributed by atoms with Crippen LogP contribution in [0, 0.1) is 0 Å². The second-order valence-corrected chi connectivity index (χ2v) is 8.58. The van der Waals surface area contributed by atoms with Gasteiger partial charge in [-0.15, -0.1) is 0 Å². The van der Waals surface area contributed by atoms with Crippen LogP contribution in [0.15, 0.2) is 0 Å². The van der Waals surface area contributed by atoms with E-state index in [0.29, 0.717) is 26.1 Å². The standard InChI is InChI=1S/C10H22N2O5S2/c1-3-7-18(13,14)11-4-8-19(15,16)12-5-6-17-10(2)9-12/h10-11H,3-9H2,1-2H3. The van der Waals surface area contributed by atoms with Crippen molar-refractivity contribution in [1.29, 1.82) is 0 Å². The summed E-state index contributed by atoms with van der Waals surface area (Å²) in [6.07, 6.45) is 0.378. The van der Waals surface area contributed by atoms with E-state index in [1.165, 1.54) is 4.31 Å². The van der Waals surface area contributed by atoms with Crippen molar-refractivity contribution >= 4 is 20.0 Å². The Morgan fingerprint density at radius 2 is 1.95 bits per heavy atom. The molecule has 1 heterocycles. The molecular weight excluding hydrogens is 292 g/mol. The molecule has 1 saturated heterocycles. The average molecular weight is 314 g/mol. The van der Waals surface area contributed by atoms with Crippen molar-refractivity contribution in [3.63, 3.8) is 0 Å². The maximum atomic E-state index is 12.0. The molecule has 0 aliphatic carbocycles. The summed E-state index contributed by atoms with van der Waals surface area (Å²) in [5, 5.41) is 0. The molecule has 0 aromatic carbocycles. The normalized spacial score (nSPS) is 22.5. The first kappa shape index (κ1) is 16.8. The summed E-state index contributed by atoms with van der Waals surface area (Å²) in [6.45, 7) is 4.51. The van der Waals surface area contributed by atoms with Crippen LogP contribution >= 0.6 is 0 Å². The smallest absolute Gasteiger partial charge is 0.215 e. The van der Waals surface area contributed by atoms with Crippen molar-refractivity contribution in [1.82, 2.24) is 9.03 Å². The molecule has 0 spiro atoms. The van der Waals surface area contributed by atoms with Crippen LogP contribution in [0.4, 0.5) is 0 Å². The van der Waals surface area contributed by atoms with E-state index in [1.807, 2.05) is 6.92 Å². The van der Waals surface area contributed by atoms with Crippen LogP contribution < -0.4 is 4.72 Å². The molecule has 0 radical (unpaired) electrons. The molecule has 1 unspecified atom stereocenters. The van der Waals surface area contributed by atoms with Gasteiger partial charge in [-0.1, -0.05) is 6.92 Å². The van der Waals surface area contributed by atoms with E-state index in [-0.39, 0.29) is 24.2 Å². The fraction of sp³-hybridized carbons (Fsp3) is 1.00. The number of ether oxygens (including phenoxy) is 1. The highest BCUT2D eigenvalue weighted by atomic mass is 32.2. The lowest BCUT2D eigenvalue weighted by Gasteiger charge is -2.30. The SMILES string of the molecule is CCCS(=O)(=O)NCCS(=O)(=O)N1CCOC(C)C1. The maximum Gasteiger partial charge on any atom is 0.215 e. The maximum absolute atomic E-state index is 12.0. The van der Waals surface area contributed by atoms with Gasteiger partial charge in [0.15, 0.2) is 0 Å². The van der Waals surface area contributed by atoms with Crippen LogP contribution in [0.3, 0.4) is 0 Å². The van der Waals surface area contributed by atoms with Gasteiger partial charge in [-0.25, -0.2) is 21.6 Å². The number of nitrogens with zero attached hydrogens (tertiary/aromatic N) is 1. The van der Waals surface area contributed by atoms with Crippen LogP contribution in [0.1, 0.15) is 20.3 Å². The molecule has 1 rings (SSSR count). The van der Waals surface area contributed by atoms with E-state index >= 15 is 0 Å². The van der Waals surface area contributed by atoms with Crippen molar-refractivity contribution in [2.24, 2.45) is 0 Å². The molecule has 9 heteroatoms. The van der Waals surface area contributed by atoms with Gasteiger partial charge in [0.1, 0.15) is 0 Å². The summed E-state index contributed by atoms with van der Waals surface area (Å²) in [6, 6.07) is 0. The number of nitrogens with one attached hydrogen (secondary N) is 1. The minimum absolute atomic E-state index is 0.0155. The molecule has 1 atom stereocenters. The molecule has 7 nitrogen and oxygen atoms in total. The second kappa shape index (κ2) is 6.98. The third-order valence-corrected chi connectivity index (χ3v) is 6.18. The predicted molar refractivity (Wildman–Crippen MR) is 72.9 cm³/mol. The Hall–Kier alpha value is -0.220. The first-order valence-electron chi connectivity index (χ1n) is 6.33. The fourth-order valence-corrected chi connectivity index (χ4v) is 4.47. The largest absolute Gasteiger partial charge is 0.376 e. The lowest BCUT2D eigenvalue weighted by Crippen LogP contribution is -2.46. The second-order valence-electron chi connectivity index (χ2n) is 4.57. The number of sulfonamides is 2. The molecule has 114 valence electrons. The van der Waals surface area contributed by atoms with Gasteiger partial charge in [-0.05, 0) is 13.3 Å². The molecule has 0 aromatic heterocycles. The molecule has 19 heavy (non-hydrogen) atoms. The Bertz CT molecular complexity index is 474. The highest BCUT2D eigenvalue weighted by molar-refractivity contribution is 7.90. The molecule has 1 fully saturated rings. The monoisotopic (exact) mass is 314 g/mol. The highest BCUT2D eigenvalue weighted by Gasteiger charge is 2.27. The predicted octanol–water partition coefficient (Wildman–Crippen LogP) is -0.634. The van der Waals surface area contributed by atoms with Crippen molar-refractivity contribution in [3.05, 3.63) is 0 Å². The zero-order valence-corrected chi connectivity index (χ0v) is 13.0. The van der Waals surface area contributed by atoms with E-state index in [1.54, 1.807) is 6.92 Å². The summed E-state index contributed by atoms with van der Waals surface area (Å²) in [4.78, 5) is 0. The number of rotatable bonds is 7. The Labute approximate surface area is 115 Å². The molecule has 0 bridgehead atoms. The van der Waals surface area contributed by atoms with Gasteiger partial charge in [-0.3, -0.25) is 0 Å². The Morgan fingerprint density at radius 3 is 2.53 bits per heavy atom. The van der Waals surface area contributed by atoms with Crippen LogP contribution in [-0.4, -0.2) is 65.0 Å². The minimum atomic E-state index is -3.43. The van der Waals surface area contributed by atoms with E-state index < -0.39 is 20.0 Å². The van der Waals surface area contributed by atoms with E-state index in [2.05, 4.69) is 4.72 Å². The van der Waals surface area contributed by atoms with Gasteiger partial charge < -0.3 is 4.74 Å². The number of morpholine rings is 1. The van der Waals surface area contributed by atoms with E-state index in [4.69, 9.17) is 4.74 Å². The van der Waals surface area contributed by atoms with Crippen LogP contribution in [0.5, 0.6) is 0 Å². The first-order valence-corrected chi connectivity index (χ1v) is 9.60. The Kier molecular flexibility index (Phi) is 6.18. The third-order valence-electron chi connectivity index (χ3n) is 2.75. The van der Waals surface area contributed by atoms with Gasteiger partial charge in [0.05, 0.1) is 24.2 Å². The summed E-state index contributed by atoms with van der Waals surface area (Å²) >= 11 is 0. The van der Waals surface area contributed by atoms with Gasteiger partial charge >= 0.3 is 0 Å². The first-order chi connectivity index (χ1) is 8.77. The van der Waals surface area contributed by atoms with E-state index in [9.17, 15) is 16.8 Å². The fourth-order valence-electron chi connectivity index (χ4n) is 1.84. The average Bonchev–Trinajstić information content (AvgIpc) is 2.28. The van der Waals surface area contributed by atoms with Crippen molar-refractivity contribution in [2.45, 2.75) is 26.4 Å².